The smallest absolute Gasteiger partial charge is 0.220 e. The maximum absolute atomic E-state index is 10.7. The van der Waals surface area contributed by atoms with Gasteiger partial charge in [-0.1, -0.05) is 29.8 Å². The minimum absolute atomic E-state index is 0.00992. The van der Waals surface area contributed by atoms with Crippen molar-refractivity contribution in [2.45, 2.75) is 63.6 Å². The van der Waals surface area contributed by atoms with Gasteiger partial charge in [-0.25, -0.2) is 15.0 Å². The summed E-state index contributed by atoms with van der Waals surface area (Å²) in [6.07, 6.45) is 1.49. The number of nitrogens with one attached hydrogen (secondary N) is 2. The van der Waals surface area contributed by atoms with Crippen LogP contribution in [-0.2, 0) is 0 Å². The molecular formula is C26H32N6O3S. The van der Waals surface area contributed by atoms with Crippen LogP contribution < -0.4 is 10.6 Å². The second-order valence-electron chi connectivity index (χ2n) is 9.73. The van der Waals surface area contributed by atoms with E-state index in [2.05, 4.69) is 53.7 Å². The molecule has 0 bridgehead atoms. The number of aliphatic hydroxyl groups is 3. The van der Waals surface area contributed by atoms with Crippen LogP contribution in [0.2, 0.25) is 0 Å². The molecule has 7 atom stereocenters. The largest absolute Gasteiger partial charge is 0.396 e. The molecular weight excluding hydrogens is 476 g/mol. The third-order valence-corrected chi connectivity index (χ3v) is 8.25. The summed E-state index contributed by atoms with van der Waals surface area (Å²) >= 11 is 1.58. The van der Waals surface area contributed by atoms with Gasteiger partial charge in [0, 0.05) is 30.5 Å². The van der Waals surface area contributed by atoms with Crippen LogP contribution in [0.3, 0.4) is 0 Å². The Hall–Kier alpha value is -2.76. The Bertz CT molecular complexity index is 1240. The van der Waals surface area contributed by atoms with E-state index in [9.17, 15) is 15.3 Å². The fourth-order valence-corrected chi connectivity index (χ4v) is 6.10. The zero-order valence-corrected chi connectivity index (χ0v) is 21.4. The molecule has 7 unspecified atom stereocenters. The highest BCUT2D eigenvalue weighted by molar-refractivity contribution is 7.18. The number of guanidine groups is 1. The van der Waals surface area contributed by atoms with Crippen molar-refractivity contribution < 1.29 is 15.3 Å². The zero-order valence-electron chi connectivity index (χ0n) is 20.5. The number of nitrogens with zero attached hydrogens (tertiary/aromatic N) is 4. The zero-order chi connectivity index (χ0) is 25.4. The number of aliphatic hydroxyl groups excluding tert-OH is 3. The van der Waals surface area contributed by atoms with Crippen LogP contribution in [0.1, 0.15) is 48.4 Å². The summed E-state index contributed by atoms with van der Waals surface area (Å²) in [7, 11) is 0. The predicted molar refractivity (Wildman–Crippen MR) is 141 cm³/mol. The van der Waals surface area contributed by atoms with Gasteiger partial charge in [-0.05, 0) is 38.8 Å². The minimum Gasteiger partial charge on any atom is -0.396 e. The van der Waals surface area contributed by atoms with Gasteiger partial charge in [-0.3, -0.25) is 10.3 Å². The van der Waals surface area contributed by atoms with Crippen molar-refractivity contribution in [2.24, 2.45) is 15.9 Å². The van der Waals surface area contributed by atoms with Gasteiger partial charge in [0.05, 0.1) is 40.6 Å². The second-order valence-corrected chi connectivity index (χ2v) is 10.8. The van der Waals surface area contributed by atoms with Crippen molar-refractivity contribution >= 4 is 33.2 Å². The molecule has 5 N–H and O–H groups in total. The van der Waals surface area contributed by atoms with Gasteiger partial charge in [-0.15, -0.1) is 11.3 Å². The Kier molecular flexibility index (Phi) is 7.14. The van der Waals surface area contributed by atoms with E-state index < -0.39 is 24.4 Å². The van der Waals surface area contributed by atoms with E-state index in [0.29, 0.717) is 12.4 Å². The number of benzene rings is 1. The van der Waals surface area contributed by atoms with Crippen LogP contribution in [0.4, 0.5) is 0 Å². The predicted octanol–water partition coefficient (Wildman–Crippen LogP) is 2.28. The molecule has 0 radical (unpaired) electrons. The highest BCUT2D eigenvalue weighted by Gasteiger charge is 2.44. The number of pyridine rings is 1. The molecule has 3 heterocycles. The van der Waals surface area contributed by atoms with E-state index in [-0.39, 0.29) is 24.5 Å². The molecule has 0 amide bonds. The van der Waals surface area contributed by atoms with E-state index in [1.807, 2.05) is 13.0 Å². The molecule has 0 spiro atoms. The lowest BCUT2D eigenvalue weighted by atomic mass is 9.99. The Labute approximate surface area is 214 Å². The molecule has 1 aliphatic heterocycles. The van der Waals surface area contributed by atoms with Crippen molar-refractivity contribution in [3.63, 3.8) is 0 Å². The monoisotopic (exact) mass is 508 g/mol. The molecule has 2 aliphatic rings. The van der Waals surface area contributed by atoms with Crippen LogP contribution in [-0.4, -0.2) is 68.0 Å². The van der Waals surface area contributed by atoms with E-state index in [1.165, 1.54) is 5.56 Å². The van der Waals surface area contributed by atoms with Gasteiger partial charge < -0.3 is 20.6 Å². The van der Waals surface area contributed by atoms with Gasteiger partial charge in [0.2, 0.25) is 5.96 Å². The Balaban J connectivity index is 1.45. The third-order valence-electron chi connectivity index (χ3n) is 7.13. The Morgan fingerprint density at radius 2 is 1.89 bits per heavy atom. The standard InChI is InChI=1S/C26H32N6O3S/c1-13-4-6-16(7-5-13)14(2)28-26-29-15(3)21(25-31-19-11-27-9-8-20(19)36-25)24(32-26)30-18-10-17(12-33)22(34)23(18)35/h4-9,11,14,17-18,21-24,30,33-35H,10,12H2,1-3H3,(H,28,32). The summed E-state index contributed by atoms with van der Waals surface area (Å²) in [4.78, 5) is 18.7. The van der Waals surface area contributed by atoms with Crippen LogP contribution in [0.5, 0.6) is 0 Å². The summed E-state index contributed by atoms with van der Waals surface area (Å²) in [5.74, 6) is -0.130. The third kappa shape index (κ3) is 4.91. The average Bonchev–Trinajstić information content (AvgIpc) is 3.40. The lowest BCUT2D eigenvalue weighted by molar-refractivity contribution is -0.00123. The molecule has 3 aromatic rings. The van der Waals surface area contributed by atoms with Crippen LogP contribution in [0, 0.1) is 12.8 Å². The summed E-state index contributed by atoms with van der Waals surface area (Å²) in [6, 6.07) is 9.85. The van der Waals surface area contributed by atoms with Crippen molar-refractivity contribution in [2.75, 3.05) is 6.61 Å². The van der Waals surface area contributed by atoms with Crippen molar-refractivity contribution in [3.8, 4) is 0 Å². The number of thiazole rings is 1. The van der Waals surface area contributed by atoms with Crippen LogP contribution in [0.25, 0.3) is 10.2 Å². The van der Waals surface area contributed by atoms with E-state index >= 15 is 0 Å². The SMILES string of the molecule is CC1=NC(NC(C)c2ccc(C)cc2)=NC(NC2CC(CO)C(O)C2O)C1c1nc2cnccc2s1. The summed E-state index contributed by atoms with van der Waals surface area (Å²) in [5.41, 5.74) is 3.99. The maximum atomic E-state index is 10.7. The number of aliphatic imine (C=N–C) groups is 2. The number of rotatable bonds is 6. The summed E-state index contributed by atoms with van der Waals surface area (Å²) < 4.78 is 1.03. The normalized spacial score (nSPS) is 29.2. The first kappa shape index (κ1) is 24.9. The van der Waals surface area contributed by atoms with Gasteiger partial charge in [0.15, 0.2) is 0 Å². The number of hydrogen-bond donors (Lipinski definition) is 5. The molecule has 10 heteroatoms. The van der Waals surface area contributed by atoms with Gasteiger partial charge in [0.1, 0.15) is 11.2 Å². The van der Waals surface area contributed by atoms with Crippen molar-refractivity contribution in [3.05, 3.63) is 58.9 Å². The molecule has 1 fully saturated rings. The molecule has 1 aromatic carbocycles. The van der Waals surface area contributed by atoms with Gasteiger partial charge >= 0.3 is 0 Å². The molecule has 0 saturated heterocycles. The molecule has 1 saturated carbocycles. The fourth-order valence-electron chi connectivity index (χ4n) is 4.97. The van der Waals surface area contributed by atoms with E-state index in [4.69, 9.17) is 15.0 Å². The highest BCUT2D eigenvalue weighted by atomic mass is 32.1. The number of aromatic nitrogens is 2. The average molecular weight is 509 g/mol. The minimum atomic E-state index is -1.00. The number of aryl methyl sites for hydroxylation is 1. The quantitative estimate of drug-likeness (QED) is 0.345. The Morgan fingerprint density at radius 1 is 1.11 bits per heavy atom. The highest BCUT2D eigenvalue weighted by Crippen LogP contribution is 2.34. The summed E-state index contributed by atoms with van der Waals surface area (Å²) in [6.45, 7) is 5.91. The number of hydrogen-bond acceptors (Lipinski definition) is 10. The van der Waals surface area contributed by atoms with Crippen LogP contribution in [0.15, 0.2) is 52.7 Å². The Morgan fingerprint density at radius 3 is 2.58 bits per heavy atom. The number of fused-ring (bicyclic) bond motifs is 1. The van der Waals surface area contributed by atoms with Crippen molar-refractivity contribution in [1.29, 1.82) is 0 Å². The van der Waals surface area contributed by atoms with E-state index in [1.54, 1.807) is 23.7 Å². The van der Waals surface area contributed by atoms with E-state index in [0.717, 1.165) is 26.5 Å². The molecule has 190 valence electrons. The first-order valence-corrected chi connectivity index (χ1v) is 13.0. The molecule has 2 aromatic heterocycles. The first-order chi connectivity index (χ1) is 17.3. The summed E-state index contributed by atoms with van der Waals surface area (Å²) in [5, 5.41) is 38.4. The van der Waals surface area contributed by atoms with Crippen molar-refractivity contribution in [1.82, 2.24) is 20.6 Å². The maximum Gasteiger partial charge on any atom is 0.220 e. The van der Waals surface area contributed by atoms with Gasteiger partial charge in [-0.2, -0.15) is 0 Å². The topological polar surface area (TPSA) is 135 Å². The molecule has 36 heavy (non-hydrogen) atoms. The molecule has 9 nitrogen and oxygen atoms in total. The van der Waals surface area contributed by atoms with Gasteiger partial charge in [0.25, 0.3) is 0 Å². The fraction of sp³-hybridized carbons (Fsp3) is 0.462. The lowest BCUT2D eigenvalue weighted by Gasteiger charge is -2.31. The lowest BCUT2D eigenvalue weighted by Crippen LogP contribution is -2.50. The van der Waals surface area contributed by atoms with Crippen LogP contribution >= 0.6 is 11.3 Å². The first-order valence-electron chi connectivity index (χ1n) is 12.2. The molecule has 1 aliphatic carbocycles. The molecule has 5 rings (SSSR count). The second kappa shape index (κ2) is 10.3.